The molecule has 2 aliphatic heterocycles. The zero-order valence-electron chi connectivity index (χ0n) is 33.9. The van der Waals surface area contributed by atoms with Gasteiger partial charge in [-0.3, -0.25) is 14.5 Å². The van der Waals surface area contributed by atoms with Crippen LogP contribution in [0.2, 0.25) is 0 Å². The van der Waals surface area contributed by atoms with Crippen LogP contribution in [0.25, 0.3) is 0 Å². The molecule has 2 aromatic rings. The fourth-order valence-electron chi connectivity index (χ4n) is 3.90. The lowest BCUT2D eigenvalue weighted by atomic mass is 9.82. The van der Waals surface area contributed by atoms with Gasteiger partial charge in [-0.2, -0.15) is 0 Å². The van der Waals surface area contributed by atoms with Crippen molar-refractivity contribution in [3.8, 4) is 17.2 Å². The first kappa shape index (κ1) is 16.2. The molecule has 1 N–H and O–H groups in total. The summed E-state index contributed by atoms with van der Waals surface area (Å²) in [5.41, 5.74) is -1.27. The van der Waals surface area contributed by atoms with Gasteiger partial charge in [0.05, 0.1) is 27.7 Å². The summed E-state index contributed by atoms with van der Waals surface area (Å²) in [6, 6.07) is 3.17. The molecular weight excluding hydrogens is 508 g/mol. The number of carboxylic acid groups (broad SMARTS) is 1. The number of unbranched alkanes of at least 4 members (excludes halogenated alkanes) is 1. The summed E-state index contributed by atoms with van der Waals surface area (Å²) >= 11 is 0. The first-order valence-corrected chi connectivity index (χ1v) is 12.0. The van der Waals surface area contributed by atoms with E-state index in [0.29, 0.717) is 19.3 Å². The molecule has 1 saturated heterocycles. The van der Waals surface area contributed by atoms with Gasteiger partial charge in [0.25, 0.3) is 0 Å². The van der Waals surface area contributed by atoms with Gasteiger partial charge in [0, 0.05) is 38.3 Å². The highest BCUT2D eigenvalue weighted by atomic mass is 35.5. The smallest absolute Gasteiger partial charge is 0.309 e. The van der Waals surface area contributed by atoms with E-state index in [1.165, 1.54) is 0 Å². The molecule has 1 unspecified atom stereocenters. The summed E-state index contributed by atoms with van der Waals surface area (Å²) in [6.07, 6.45) is 1.35. The number of hydrogen-bond acceptors (Lipinski definition) is 6. The molecule has 0 aliphatic carbocycles. The lowest BCUT2D eigenvalue weighted by Crippen LogP contribution is -2.42. The van der Waals surface area contributed by atoms with E-state index in [-0.39, 0.29) is 41.8 Å². The Labute approximate surface area is 249 Å². The standard InChI is InChI=1S/C29H38N2O6.ClH/c1-4-6-14-30(15-7-5-2)26(32)18-31-17-23(21-10-13-24-25(16-21)37-19-36-24)27(29(33)34)28(31)20-8-11-22(35-3)12-9-20;/h8-13,16,23,27-28H,4-7,14-15,17-19H2,1-3H3,(H,33,34);1H/t23-,27-,28+;/m1./s1/i3D3,14D,17D2,18D2,19D2,23D,27D,28D;/t14?,23-,27-,28+;. The second-order valence-corrected chi connectivity index (χ2v) is 8.36. The molecule has 0 spiro atoms. The van der Waals surface area contributed by atoms with Gasteiger partial charge < -0.3 is 24.2 Å². The third-order valence-electron chi connectivity index (χ3n) is 5.79. The van der Waals surface area contributed by atoms with Crippen LogP contribution in [-0.4, -0.2) is 66.6 Å². The third kappa shape index (κ3) is 6.53. The van der Waals surface area contributed by atoms with E-state index < -0.39 is 79.9 Å². The SMILES string of the molecule is Cl.[2H]C(CCC)N(CCCC)C(=O)C([2H])([2H])N1C([2H])([2H])[C@]([2H])(c2ccc3c(c2)OC([2H])([2H])O3)[C@@]([2H])(C(=O)O)[C@]1([2H])c1ccc(OC([2H])([2H])[2H])cc1. The number of fused-ring (bicyclic) bond motifs is 1. The van der Waals surface area contributed by atoms with Crippen LogP contribution in [-0.2, 0) is 9.59 Å². The van der Waals surface area contributed by atoms with Gasteiger partial charge in [-0.15, -0.1) is 12.4 Å². The van der Waals surface area contributed by atoms with E-state index in [4.69, 9.17) is 22.4 Å². The minimum absolute atomic E-state index is 0. The van der Waals surface area contributed by atoms with Crippen LogP contribution >= 0.6 is 12.4 Å². The minimum Gasteiger partial charge on any atom is -0.497 e. The summed E-state index contributed by atoms with van der Waals surface area (Å²) in [7, 11) is -2.93. The maximum atomic E-state index is 14.3. The lowest BCUT2D eigenvalue weighted by molar-refractivity contribution is -0.144. The van der Waals surface area contributed by atoms with Gasteiger partial charge in [-0.25, -0.2) is 0 Å². The number of hydrogen-bond donors (Lipinski definition) is 1. The Hall–Kier alpha value is -2.97. The molecule has 1 amide bonds. The highest BCUT2D eigenvalue weighted by Gasteiger charge is 2.48. The number of methoxy groups -OCH3 is 1. The first-order chi connectivity index (χ1) is 22.9. The van der Waals surface area contributed by atoms with Gasteiger partial charge in [0.2, 0.25) is 12.7 Å². The van der Waals surface area contributed by atoms with Crippen LogP contribution in [0.5, 0.6) is 17.2 Å². The number of nitrogens with zero attached hydrogens (tertiary/aromatic N) is 2. The second-order valence-electron chi connectivity index (χ2n) is 8.36. The van der Waals surface area contributed by atoms with E-state index in [1.807, 2.05) is 0 Å². The first-order valence-electron chi connectivity index (χ1n) is 18.5. The summed E-state index contributed by atoms with van der Waals surface area (Å²) in [5, 5.41) is 10.8. The minimum atomic E-state index is -3.76. The van der Waals surface area contributed by atoms with E-state index >= 15 is 0 Å². The number of ether oxygens (including phenoxy) is 3. The van der Waals surface area contributed by atoms with Gasteiger partial charge >= 0.3 is 5.97 Å². The number of likely N-dealkylation sites (tertiary alicyclic amines) is 1. The van der Waals surface area contributed by atoms with E-state index in [0.717, 1.165) is 47.4 Å². The molecule has 4 rings (SSSR count). The van der Waals surface area contributed by atoms with E-state index in [1.54, 1.807) is 13.8 Å². The molecule has 0 saturated carbocycles. The van der Waals surface area contributed by atoms with Crippen LogP contribution in [0.1, 0.15) is 80.4 Å². The Balaban J connectivity index is 0.00000702. The maximum Gasteiger partial charge on any atom is 0.309 e. The molecule has 2 heterocycles. The van der Waals surface area contributed by atoms with Crippen molar-refractivity contribution in [2.45, 2.75) is 51.4 Å². The Morgan fingerprint density at radius 1 is 1.16 bits per heavy atom. The summed E-state index contributed by atoms with van der Waals surface area (Å²) in [5.74, 6) is -11.9. The lowest BCUT2D eigenvalue weighted by Gasteiger charge is -2.30. The number of halogens is 1. The average molecular weight is 560 g/mol. The van der Waals surface area contributed by atoms with Gasteiger partial charge in [-0.05, 0) is 48.2 Å². The van der Waals surface area contributed by atoms with Crippen molar-refractivity contribution in [3.63, 3.8) is 0 Å². The number of carboxylic acids is 1. The highest BCUT2D eigenvalue weighted by Crippen LogP contribution is 2.47. The van der Waals surface area contributed by atoms with Crippen molar-refractivity contribution in [1.29, 1.82) is 0 Å². The maximum absolute atomic E-state index is 14.3. The number of benzene rings is 2. The summed E-state index contributed by atoms with van der Waals surface area (Å²) < 4.78 is 127. The van der Waals surface area contributed by atoms with Crippen LogP contribution < -0.4 is 14.2 Å². The molecule has 0 aromatic heterocycles. The Bertz CT molecular complexity index is 1620. The van der Waals surface area contributed by atoms with Crippen LogP contribution in [0, 0.1) is 5.89 Å². The van der Waals surface area contributed by atoms with Gasteiger partial charge in [0.15, 0.2) is 11.5 Å². The molecule has 4 atom stereocenters. The molecule has 8 nitrogen and oxygen atoms in total. The Morgan fingerprint density at radius 3 is 2.55 bits per heavy atom. The summed E-state index contributed by atoms with van der Waals surface area (Å²) in [4.78, 5) is 28.4. The van der Waals surface area contributed by atoms with Crippen LogP contribution in [0.15, 0.2) is 42.5 Å². The van der Waals surface area contributed by atoms with Crippen LogP contribution in [0.3, 0.4) is 0 Å². The second kappa shape index (κ2) is 13.7. The number of carbonyl (C=O) groups is 2. The Kier molecular flexibility index (Phi) is 5.85. The molecule has 2 aromatic carbocycles. The molecule has 1 fully saturated rings. The molecular formula is C29H39ClN2O6. The monoisotopic (exact) mass is 559 g/mol. The molecule has 2 aliphatic rings. The number of rotatable bonds is 12. The number of carbonyl (C=O) groups excluding carboxylic acids is 1. The number of aliphatic carboxylic acids is 1. The average Bonchev–Trinajstić information content (AvgIpc) is 3.37. The van der Waals surface area contributed by atoms with Crippen LogP contribution in [0.4, 0.5) is 0 Å². The van der Waals surface area contributed by atoms with Crippen molar-refractivity contribution >= 4 is 24.3 Å². The zero-order chi connectivity index (χ0) is 37.9. The largest absolute Gasteiger partial charge is 0.497 e. The quantitative estimate of drug-likeness (QED) is 0.386. The predicted octanol–water partition coefficient (Wildman–Crippen LogP) is 5.12. The van der Waals surface area contributed by atoms with E-state index in [2.05, 4.69) is 0 Å². The van der Waals surface area contributed by atoms with Crippen molar-refractivity contribution in [1.82, 2.24) is 9.80 Å². The molecule has 0 radical (unpaired) electrons. The van der Waals surface area contributed by atoms with Gasteiger partial charge in [-0.1, -0.05) is 44.9 Å². The summed E-state index contributed by atoms with van der Waals surface area (Å²) in [6.45, 7) is -8.06. The number of amides is 1. The molecule has 208 valence electrons. The predicted molar refractivity (Wildman–Crippen MR) is 147 cm³/mol. The van der Waals surface area contributed by atoms with Crippen molar-refractivity contribution in [3.05, 3.63) is 53.6 Å². The molecule has 0 bridgehead atoms. The van der Waals surface area contributed by atoms with E-state index in [9.17, 15) is 24.3 Å². The Morgan fingerprint density at radius 2 is 1.87 bits per heavy atom. The normalized spacial score (nSPS) is 35.2. The fraction of sp³-hybridized carbons (Fsp3) is 0.517. The molecule has 38 heavy (non-hydrogen) atoms. The van der Waals surface area contributed by atoms with Crippen molar-refractivity contribution in [2.24, 2.45) is 5.89 Å². The zero-order valence-corrected chi connectivity index (χ0v) is 21.8. The molecule has 9 heteroatoms. The fourth-order valence-corrected chi connectivity index (χ4v) is 3.90. The van der Waals surface area contributed by atoms with Crippen molar-refractivity contribution in [2.75, 3.05) is 39.8 Å². The van der Waals surface area contributed by atoms with Gasteiger partial charge in [0.1, 0.15) is 8.49 Å². The van der Waals surface area contributed by atoms with Crippen molar-refractivity contribution < 1.29 is 46.7 Å². The third-order valence-corrected chi connectivity index (χ3v) is 5.79. The highest BCUT2D eigenvalue weighted by molar-refractivity contribution is 5.85. The topological polar surface area (TPSA) is 88.5 Å².